The Hall–Kier alpha value is -3.18. The minimum atomic E-state index is -4.42. The smallest absolute Gasteiger partial charge is 0.347 e. The van der Waals surface area contributed by atoms with Gasteiger partial charge in [-0.05, 0) is 42.7 Å². The number of alkyl halides is 4. The highest BCUT2D eigenvalue weighted by atomic mass is 35.5. The van der Waals surface area contributed by atoms with Crippen molar-refractivity contribution in [3.05, 3.63) is 107 Å². The number of fused-ring (bicyclic) bond motifs is 2. The first-order valence-corrected chi connectivity index (χ1v) is 14.7. The molecule has 0 N–H and O–H groups in total. The summed E-state index contributed by atoms with van der Waals surface area (Å²) in [6.07, 6.45) is 6.39. The maximum absolute atomic E-state index is 13.5. The minimum Gasteiger partial charge on any atom is -0.347 e. The van der Waals surface area contributed by atoms with E-state index in [9.17, 15) is 13.2 Å². The van der Waals surface area contributed by atoms with E-state index < -0.39 is 16.6 Å². The van der Waals surface area contributed by atoms with Crippen LogP contribution in [0.5, 0.6) is 0 Å². The third-order valence-electron chi connectivity index (χ3n) is 7.93. The van der Waals surface area contributed by atoms with E-state index in [-0.39, 0.29) is 0 Å². The van der Waals surface area contributed by atoms with Crippen molar-refractivity contribution in [3.63, 3.8) is 0 Å². The molecule has 0 saturated heterocycles. The molecular formula is C34H36ClF3N2. The standard InChI is InChI=1S/C34H36ClF3N2/c1-3-5-11-21-39-23-29(27-13-7-9-15-31(27)39)33(35,25-17-19-26(20-18-25)34(36,37)38)30-24-40(22-12-6-4-2)32-16-10-8-14-28(30)32/h7-10,13-20,23-24H,3-6,11-12,21-22H2,1-2H3. The molecular weight excluding hydrogens is 529 g/mol. The number of halogens is 4. The van der Waals surface area contributed by atoms with E-state index in [0.29, 0.717) is 5.56 Å². The van der Waals surface area contributed by atoms with Crippen molar-refractivity contribution in [2.75, 3.05) is 0 Å². The van der Waals surface area contributed by atoms with Gasteiger partial charge in [0.05, 0.1) is 5.56 Å². The Morgan fingerprint density at radius 1 is 0.600 bits per heavy atom. The van der Waals surface area contributed by atoms with E-state index >= 15 is 0 Å². The Morgan fingerprint density at radius 3 is 1.45 bits per heavy atom. The Labute approximate surface area is 239 Å². The third-order valence-corrected chi connectivity index (χ3v) is 8.56. The molecule has 6 heteroatoms. The molecule has 0 amide bonds. The van der Waals surface area contributed by atoms with Crippen LogP contribution >= 0.6 is 11.6 Å². The van der Waals surface area contributed by atoms with Gasteiger partial charge in [-0.1, -0.05) is 88.1 Å². The molecule has 3 aromatic carbocycles. The van der Waals surface area contributed by atoms with Gasteiger partial charge in [0.25, 0.3) is 0 Å². The summed E-state index contributed by atoms with van der Waals surface area (Å²) in [5, 5.41) is 2.02. The van der Waals surface area contributed by atoms with Crippen LogP contribution < -0.4 is 0 Å². The number of aromatic nitrogens is 2. The predicted octanol–water partition coefficient (Wildman–Crippen LogP) is 10.5. The molecule has 0 aliphatic carbocycles. The number of aryl methyl sites for hydroxylation is 2. The van der Waals surface area contributed by atoms with E-state index in [0.717, 1.165) is 96.7 Å². The van der Waals surface area contributed by atoms with Gasteiger partial charge in [0.1, 0.15) is 4.87 Å². The lowest BCUT2D eigenvalue weighted by molar-refractivity contribution is -0.137. The summed E-state index contributed by atoms with van der Waals surface area (Å²) in [6.45, 7) is 6.08. The number of nitrogens with zero attached hydrogens (tertiary/aromatic N) is 2. The van der Waals surface area contributed by atoms with Crippen LogP contribution in [0.4, 0.5) is 13.2 Å². The van der Waals surface area contributed by atoms with Crippen molar-refractivity contribution in [2.45, 2.75) is 76.5 Å². The fourth-order valence-corrected chi connectivity index (χ4v) is 6.25. The first-order valence-electron chi connectivity index (χ1n) is 14.3. The molecule has 210 valence electrons. The lowest BCUT2D eigenvalue weighted by atomic mass is 9.83. The topological polar surface area (TPSA) is 9.86 Å². The minimum absolute atomic E-state index is 0.620. The van der Waals surface area contributed by atoms with Crippen molar-refractivity contribution in [1.29, 1.82) is 0 Å². The summed E-state index contributed by atoms with van der Waals surface area (Å²) in [7, 11) is 0. The molecule has 0 saturated carbocycles. The molecule has 5 rings (SSSR count). The van der Waals surface area contributed by atoms with E-state index in [1.54, 1.807) is 12.1 Å². The highest BCUT2D eigenvalue weighted by molar-refractivity contribution is 6.30. The van der Waals surface area contributed by atoms with Crippen LogP contribution in [0.1, 0.15) is 74.6 Å². The number of hydrogen-bond acceptors (Lipinski definition) is 0. The SMILES string of the molecule is CCCCCn1cc(C(Cl)(c2ccc(C(F)(F)F)cc2)c2cn(CCCCC)c3ccccc23)c2ccccc21. The average Bonchev–Trinajstić information content (AvgIpc) is 3.52. The molecule has 0 aliphatic heterocycles. The van der Waals surface area contributed by atoms with Gasteiger partial charge in [0.2, 0.25) is 0 Å². The molecule has 0 radical (unpaired) electrons. The van der Waals surface area contributed by atoms with Gasteiger partial charge in [-0.15, -0.1) is 11.6 Å². The molecule has 0 aliphatic rings. The van der Waals surface area contributed by atoms with Crippen LogP contribution in [0.25, 0.3) is 21.8 Å². The first-order chi connectivity index (χ1) is 19.3. The van der Waals surface area contributed by atoms with Crippen LogP contribution in [-0.2, 0) is 24.1 Å². The predicted molar refractivity (Wildman–Crippen MR) is 160 cm³/mol. The normalized spacial score (nSPS) is 12.6. The zero-order valence-corrected chi connectivity index (χ0v) is 23.9. The Kier molecular flexibility index (Phi) is 8.32. The summed E-state index contributed by atoms with van der Waals surface area (Å²) >= 11 is 7.88. The summed E-state index contributed by atoms with van der Waals surface area (Å²) in [4.78, 5) is -1.20. The van der Waals surface area contributed by atoms with Crippen LogP contribution in [-0.4, -0.2) is 9.13 Å². The lowest BCUT2D eigenvalue weighted by Gasteiger charge is -2.28. The second kappa shape index (κ2) is 11.7. The van der Waals surface area contributed by atoms with Gasteiger partial charge >= 0.3 is 6.18 Å². The van der Waals surface area contributed by atoms with E-state index in [2.05, 4.69) is 59.6 Å². The molecule has 2 heterocycles. The van der Waals surface area contributed by atoms with Gasteiger partial charge in [-0.2, -0.15) is 13.2 Å². The molecule has 0 bridgehead atoms. The van der Waals surface area contributed by atoms with Gasteiger partial charge in [-0.3, -0.25) is 0 Å². The molecule has 0 fully saturated rings. The van der Waals surface area contributed by atoms with Gasteiger partial charge < -0.3 is 9.13 Å². The van der Waals surface area contributed by atoms with Crippen LogP contribution in [0, 0.1) is 0 Å². The van der Waals surface area contributed by atoms with E-state index in [4.69, 9.17) is 11.6 Å². The average molecular weight is 565 g/mol. The summed E-state index contributed by atoms with van der Waals surface area (Å²) in [5.74, 6) is 0. The zero-order valence-electron chi connectivity index (χ0n) is 23.1. The third kappa shape index (κ3) is 5.28. The van der Waals surface area contributed by atoms with Crippen LogP contribution in [0.2, 0.25) is 0 Å². The van der Waals surface area contributed by atoms with Crippen LogP contribution in [0.15, 0.2) is 85.2 Å². The Bertz CT molecular complexity index is 1490. The molecule has 2 aromatic heterocycles. The molecule has 40 heavy (non-hydrogen) atoms. The number of hydrogen-bond donors (Lipinski definition) is 0. The van der Waals surface area contributed by atoms with E-state index in [1.165, 1.54) is 0 Å². The van der Waals surface area contributed by atoms with Crippen molar-refractivity contribution in [1.82, 2.24) is 9.13 Å². The maximum atomic E-state index is 13.5. The monoisotopic (exact) mass is 564 g/mol. The highest BCUT2D eigenvalue weighted by Gasteiger charge is 2.40. The fourth-order valence-electron chi connectivity index (χ4n) is 5.82. The van der Waals surface area contributed by atoms with Crippen molar-refractivity contribution < 1.29 is 13.2 Å². The number of para-hydroxylation sites is 2. The largest absolute Gasteiger partial charge is 0.416 e. The highest BCUT2D eigenvalue weighted by Crippen LogP contribution is 2.49. The number of unbranched alkanes of at least 4 members (excludes halogenated alkanes) is 4. The molecule has 5 aromatic rings. The van der Waals surface area contributed by atoms with Crippen molar-refractivity contribution >= 4 is 33.4 Å². The first kappa shape index (κ1) is 28.4. The van der Waals surface area contributed by atoms with E-state index in [1.807, 2.05) is 24.3 Å². The lowest BCUT2D eigenvalue weighted by Crippen LogP contribution is -2.22. The summed E-state index contributed by atoms with van der Waals surface area (Å²) in [5.41, 5.74) is 3.87. The maximum Gasteiger partial charge on any atom is 0.416 e. The molecule has 0 spiro atoms. The molecule has 0 atom stereocenters. The van der Waals surface area contributed by atoms with Crippen LogP contribution in [0.3, 0.4) is 0 Å². The second-order valence-corrected chi connectivity index (χ2v) is 11.2. The quantitative estimate of drug-likeness (QED) is 0.111. The Morgan fingerprint density at radius 2 is 1.02 bits per heavy atom. The molecule has 2 nitrogen and oxygen atoms in total. The summed E-state index contributed by atoms with van der Waals surface area (Å²) in [6, 6.07) is 21.8. The fraction of sp³-hybridized carbons (Fsp3) is 0.353. The van der Waals surface area contributed by atoms with Gasteiger partial charge in [0.15, 0.2) is 0 Å². The van der Waals surface area contributed by atoms with Gasteiger partial charge in [0, 0.05) is 58.4 Å². The number of benzene rings is 3. The molecule has 0 unspecified atom stereocenters. The summed E-state index contributed by atoms with van der Waals surface area (Å²) < 4.78 is 45.1. The van der Waals surface area contributed by atoms with Crippen molar-refractivity contribution in [2.24, 2.45) is 0 Å². The van der Waals surface area contributed by atoms with Crippen molar-refractivity contribution in [3.8, 4) is 0 Å². The number of rotatable bonds is 11. The second-order valence-electron chi connectivity index (χ2n) is 10.7. The zero-order chi connectivity index (χ0) is 28.3. The Balaban J connectivity index is 1.76. The van der Waals surface area contributed by atoms with Gasteiger partial charge in [-0.25, -0.2) is 0 Å².